The number of thiazole rings is 1. The normalized spacial score (nSPS) is 17.1. The Kier molecular flexibility index (Phi) is 6.02. The highest BCUT2D eigenvalue weighted by molar-refractivity contribution is 9.10. The van der Waals surface area contributed by atoms with E-state index in [1.807, 2.05) is 50.2 Å². The number of carbonyl (C=O) groups is 2. The van der Waals surface area contributed by atoms with Crippen molar-refractivity contribution in [3.8, 4) is 0 Å². The van der Waals surface area contributed by atoms with Crippen molar-refractivity contribution in [1.29, 1.82) is 0 Å². The van der Waals surface area contributed by atoms with Crippen LogP contribution in [0.5, 0.6) is 0 Å². The maximum atomic E-state index is 13.4. The minimum atomic E-state index is -0.655. The molecule has 2 aromatic rings. The fraction of sp³-hybridized carbons (Fsp3) is 0.350. The van der Waals surface area contributed by atoms with Crippen LogP contribution < -0.4 is 0 Å². The molecule has 0 radical (unpaired) electrons. The average Bonchev–Trinajstić information content (AvgIpc) is 3.10. The van der Waals surface area contributed by atoms with Gasteiger partial charge in [0.25, 0.3) is 5.91 Å². The topological polar surface area (TPSA) is 73.7 Å². The molecule has 8 heteroatoms. The van der Waals surface area contributed by atoms with Crippen LogP contribution in [0.15, 0.2) is 40.1 Å². The summed E-state index contributed by atoms with van der Waals surface area (Å²) in [5.74, 6) is -1.35. The fourth-order valence-electron chi connectivity index (χ4n) is 3.31. The lowest BCUT2D eigenvalue weighted by Crippen LogP contribution is -2.36. The Morgan fingerprint density at radius 3 is 2.57 bits per heavy atom. The molecule has 1 aromatic heterocycles. The van der Waals surface area contributed by atoms with Gasteiger partial charge in [-0.1, -0.05) is 34.1 Å². The molecule has 3 rings (SSSR count). The lowest BCUT2D eigenvalue weighted by atomic mass is 9.95. The molecule has 148 valence electrons. The Balaban J connectivity index is 2.12. The van der Waals surface area contributed by atoms with Crippen molar-refractivity contribution in [2.75, 3.05) is 27.2 Å². The number of amides is 1. The number of benzene rings is 1. The zero-order valence-electron chi connectivity index (χ0n) is 16.2. The van der Waals surface area contributed by atoms with E-state index in [0.29, 0.717) is 23.7 Å². The van der Waals surface area contributed by atoms with Crippen molar-refractivity contribution in [2.24, 2.45) is 0 Å². The number of rotatable bonds is 6. The van der Waals surface area contributed by atoms with Crippen LogP contribution in [-0.4, -0.2) is 58.8 Å². The largest absolute Gasteiger partial charge is 0.503 e. The number of aliphatic hydroxyl groups excluding tert-OH is 1. The van der Waals surface area contributed by atoms with E-state index in [4.69, 9.17) is 0 Å². The summed E-state index contributed by atoms with van der Waals surface area (Å²) in [5, 5.41) is 11.4. The van der Waals surface area contributed by atoms with Gasteiger partial charge in [-0.3, -0.25) is 9.59 Å². The van der Waals surface area contributed by atoms with E-state index in [0.717, 1.165) is 15.0 Å². The van der Waals surface area contributed by atoms with Gasteiger partial charge in [0.2, 0.25) is 5.78 Å². The molecular weight excluding hydrogens is 442 g/mol. The van der Waals surface area contributed by atoms with E-state index in [1.54, 1.807) is 11.8 Å². The van der Waals surface area contributed by atoms with Gasteiger partial charge in [-0.05, 0) is 39.6 Å². The van der Waals surface area contributed by atoms with Crippen molar-refractivity contribution >= 4 is 39.0 Å². The summed E-state index contributed by atoms with van der Waals surface area (Å²) in [6, 6.07) is 6.80. The van der Waals surface area contributed by atoms with Crippen LogP contribution in [0.1, 0.15) is 32.0 Å². The number of halogens is 1. The minimum Gasteiger partial charge on any atom is -0.503 e. The highest BCUT2D eigenvalue weighted by atomic mass is 79.9. The first kappa shape index (κ1) is 20.7. The predicted molar refractivity (Wildman–Crippen MR) is 113 cm³/mol. The molecule has 0 aliphatic carbocycles. The lowest BCUT2D eigenvalue weighted by molar-refractivity contribution is -0.129. The molecule has 1 amide bonds. The van der Waals surface area contributed by atoms with E-state index < -0.39 is 17.7 Å². The van der Waals surface area contributed by atoms with E-state index in [2.05, 4.69) is 20.9 Å². The quantitative estimate of drug-likeness (QED) is 0.661. The summed E-state index contributed by atoms with van der Waals surface area (Å²) in [6.45, 7) is 4.60. The Labute approximate surface area is 176 Å². The smallest absolute Gasteiger partial charge is 0.290 e. The monoisotopic (exact) mass is 463 g/mol. The van der Waals surface area contributed by atoms with Crippen LogP contribution >= 0.6 is 27.3 Å². The summed E-state index contributed by atoms with van der Waals surface area (Å²) in [5.41, 5.74) is 1.49. The molecule has 0 saturated heterocycles. The first-order chi connectivity index (χ1) is 13.2. The number of carbonyl (C=O) groups excluding carboxylic acids is 2. The minimum absolute atomic E-state index is 0.113. The number of aryl methyl sites for hydroxylation is 2. The Bertz CT molecular complexity index is 967. The molecule has 1 aromatic carbocycles. The van der Waals surface area contributed by atoms with Crippen LogP contribution in [0.3, 0.4) is 0 Å². The molecule has 0 saturated carbocycles. The molecule has 1 aliphatic heterocycles. The SMILES string of the molecule is Cc1nc(C)c(C(=O)C2=C(O)C(=O)N(CCN(C)C)C2c2ccccc2Br)s1. The molecule has 28 heavy (non-hydrogen) atoms. The second kappa shape index (κ2) is 8.14. The van der Waals surface area contributed by atoms with Crippen molar-refractivity contribution in [2.45, 2.75) is 19.9 Å². The molecular formula is C20H22BrN3O3S. The maximum Gasteiger partial charge on any atom is 0.290 e. The number of aliphatic hydroxyl groups is 1. The third kappa shape index (κ3) is 3.76. The van der Waals surface area contributed by atoms with Crippen molar-refractivity contribution in [3.63, 3.8) is 0 Å². The summed E-state index contributed by atoms with van der Waals surface area (Å²) in [4.78, 5) is 34.5. The van der Waals surface area contributed by atoms with Crippen LogP contribution in [0.4, 0.5) is 0 Å². The molecule has 0 bridgehead atoms. The van der Waals surface area contributed by atoms with Crippen LogP contribution in [0, 0.1) is 13.8 Å². The molecule has 6 nitrogen and oxygen atoms in total. The Morgan fingerprint density at radius 2 is 2.00 bits per heavy atom. The Morgan fingerprint density at radius 1 is 1.32 bits per heavy atom. The van der Waals surface area contributed by atoms with E-state index in [9.17, 15) is 14.7 Å². The average molecular weight is 464 g/mol. The van der Waals surface area contributed by atoms with E-state index in [-0.39, 0.29) is 11.4 Å². The summed E-state index contributed by atoms with van der Waals surface area (Å²) in [6.07, 6.45) is 0. The second-order valence-electron chi connectivity index (χ2n) is 6.96. The third-order valence-corrected chi connectivity index (χ3v) is 6.44. The van der Waals surface area contributed by atoms with Gasteiger partial charge in [-0.15, -0.1) is 11.3 Å². The van der Waals surface area contributed by atoms with Crippen LogP contribution in [-0.2, 0) is 4.79 Å². The van der Waals surface area contributed by atoms with Crippen molar-refractivity contribution in [1.82, 2.24) is 14.8 Å². The summed E-state index contributed by atoms with van der Waals surface area (Å²) >= 11 is 4.81. The third-order valence-electron chi connectivity index (χ3n) is 4.65. The maximum absolute atomic E-state index is 13.4. The van der Waals surface area contributed by atoms with Crippen LogP contribution in [0.25, 0.3) is 0 Å². The van der Waals surface area contributed by atoms with Gasteiger partial charge in [0, 0.05) is 17.6 Å². The highest BCUT2D eigenvalue weighted by Crippen LogP contribution is 2.42. The zero-order valence-corrected chi connectivity index (χ0v) is 18.6. The van der Waals surface area contributed by atoms with Gasteiger partial charge in [0.05, 0.1) is 27.2 Å². The molecule has 0 spiro atoms. The highest BCUT2D eigenvalue weighted by Gasteiger charge is 2.44. The van der Waals surface area contributed by atoms with Gasteiger partial charge in [-0.25, -0.2) is 4.98 Å². The zero-order chi connectivity index (χ0) is 20.6. The molecule has 0 fully saturated rings. The molecule has 1 unspecified atom stereocenters. The number of hydrogen-bond acceptors (Lipinski definition) is 6. The standard InChI is InChI=1S/C20H22BrN3O3S/c1-11-19(28-12(2)22-11)17(25)15-16(13-7-5-6-8-14(13)21)24(10-9-23(3)4)20(27)18(15)26/h5-8,16,26H,9-10H2,1-4H3. The van der Waals surface area contributed by atoms with E-state index >= 15 is 0 Å². The van der Waals surface area contributed by atoms with Gasteiger partial charge in [0.1, 0.15) is 0 Å². The number of nitrogens with zero attached hydrogens (tertiary/aromatic N) is 3. The molecule has 1 aliphatic rings. The molecule has 1 N–H and O–H groups in total. The van der Waals surface area contributed by atoms with Crippen molar-refractivity contribution < 1.29 is 14.7 Å². The molecule has 1 atom stereocenters. The number of Topliss-reactive ketones (excluding diaryl/α,β-unsaturated/α-hetero) is 1. The summed E-state index contributed by atoms with van der Waals surface area (Å²) in [7, 11) is 3.83. The van der Waals surface area contributed by atoms with Crippen molar-refractivity contribution in [3.05, 3.63) is 61.2 Å². The van der Waals surface area contributed by atoms with Gasteiger partial charge < -0.3 is 14.9 Å². The van der Waals surface area contributed by atoms with Gasteiger partial charge in [0.15, 0.2) is 5.76 Å². The van der Waals surface area contributed by atoms with Gasteiger partial charge >= 0.3 is 0 Å². The summed E-state index contributed by atoms with van der Waals surface area (Å²) < 4.78 is 0.778. The second-order valence-corrected chi connectivity index (χ2v) is 9.02. The lowest BCUT2D eigenvalue weighted by Gasteiger charge is -2.28. The first-order valence-corrected chi connectivity index (χ1v) is 10.4. The number of hydrogen-bond donors (Lipinski definition) is 1. The number of aromatic nitrogens is 1. The Hall–Kier alpha value is -2.03. The number of ketones is 1. The van der Waals surface area contributed by atoms with Gasteiger partial charge in [-0.2, -0.15) is 0 Å². The molecule has 2 heterocycles. The first-order valence-electron chi connectivity index (χ1n) is 8.84. The predicted octanol–water partition coefficient (Wildman–Crippen LogP) is 3.66. The number of likely N-dealkylation sites (N-methyl/N-ethyl adjacent to an activating group) is 1. The fourth-order valence-corrected chi connectivity index (χ4v) is 4.68. The van der Waals surface area contributed by atoms with Crippen LogP contribution in [0.2, 0.25) is 0 Å². The van der Waals surface area contributed by atoms with E-state index in [1.165, 1.54) is 11.3 Å².